The normalized spacial score (nSPS) is 16.9. The summed E-state index contributed by atoms with van der Waals surface area (Å²) < 4.78 is 11.2. The zero-order chi connectivity index (χ0) is 29.6. The number of amides is 1. The van der Waals surface area contributed by atoms with E-state index in [4.69, 9.17) is 9.47 Å². The fraction of sp³-hybridized carbons (Fsp3) is 0.281. The van der Waals surface area contributed by atoms with Crippen LogP contribution in [0.15, 0.2) is 60.2 Å². The Balaban J connectivity index is 1.78. The van der Waals surface area contributed by atoms with Gasteiger partial charge in [0, 0.05) is 0 Å². The van der Waals surface area contributed by atoms with Crippen molar-refractivity contribution < 1.29 is 29.3 Å². The zero-order valence-corrected chi connectivity index (χ0v) is 23.9. The van der Waals surface area contributed by atoms with Gasteiger partial charge in [0.15, 0.2) is 11.5 Å². The van der Waals surface area contributed by atoms with E-state index in [0.29, 0.717) is 22.3 Å². The van der Waals surface area contributed by atoms with E-state index in [2.05, 4.69) is 9.97 Å². The highest BCUT2D eigenvalue weighted by atomic mass is 16.5. The molecule has 0 aliphatic carbocycles. The van der Waals surface area contributed by atoms with E-state index >= 15 is 0 Å². The molecule has 4 aromatic rings. The number of ether oxygens (including phenoxy) is 2. The van der Waals surface area contributed by atoms with E-state index in [1.54, 1.807) is 31.2 Å². The number of rotatable bonds is 6. The Morgan fingerprint density at radius 1 is 1.05 bits per heavy atom. The summed E-state index contributed by atoms with van der Waals surface area (Å²) in [6.07, 6.45) is 0. The number of benzene rings is 3. The Hall–Kier alpha value is -4.79. The predicted octanol–water partition coefficient (Wildman–Crippen LogP) is 5.91. The van der Waals surface area contributed by atoms with Crippen molar-refractivity contribution >= 4 is 34.4 Å². The topological polar surface area (TPSA) is 125 Å². The number of aromatic hydroxyl groups is 1. The van der Waals surface area contributed by atoms with E-state index in [-0.39, 0.29) is 46.4 Å². The third-order valence-electron chi connectivity index (χ3n) is 7.22. The summed E-state index contributed by atoms with van der Waals surface area (Å²) in [4.78, 5) is 36.5. The molecule has 1 aromatic heterocycles. The maximum Gasteiger partial charge on any atom is 0.302 e. The summed E-state index contributed by atoms with van der Waals surface area (Å²) in [5.74, 6) is -1.52. The lowest BCUT2D eigenvalue weighted by Gasteiger charge is -2.24. The Morgan fingerprint density at radius 2 is 1.80 bits per heavy atom. The second-order valence-corrected chi connectivity index (χ2v) is 11.1. The Bertz CT molecular complexity index is 1710. The minimum atomic E-state index is -1.08. The molecule has 1 fully saturated rings. The lowest BCUT2D eigenvalue weighted by atomic mass is 9.85. The maximum atomic E-state index is 13.7. The lowest BCUT2D eigenvalue weighted by molar-refractivity contribution is -0.132. The van der Waals surface area contributed by atoms with Crippen LogP contribution in [-0.2, 0) is 15.0 Å². The van der Waals surface area contributed by atoms with Crippen LogP contribution in [0.4, 0.5) is 5.95 Å². The van der Waals surface area contributed by atoms with Crippen LogP contribution in [0, 0.1) is 6.92 Å². The number of aryl methyl sites for hydroxylation is 1. The predicted molar refractivity (Wildman–Crippen MR) is 157 cm³/mol. The van der Waals surface area contributed by atoms with Gasteiger partial charge in [-0.2, -0.15) is 0 Å². The van der Waals surface area contributed by atoms with Gasteiger partial charge in [-0.3, -0.25) is 14.5 Å². The van der Waals surface area contributed by atoms with E-state index in [9.17, 15) is 19.8 Å². The van der Waals surface area contributed by atoms with Crippen molar-refractivity contribution in [1.82, 2.24) is 9.97 Å². The van der Waals surface area contributed by atoms with Crippen molar-refractivity contribution in [3.63, 3.8) is 0 Å². The Morgan fingerprint density at radius 3 is 2.49 bits per heavy atom. The van der Waals surface area contributed by atoms with Gasteiger partial charge in [0.05, 0.1) is 41.9 Å². The number of aromatic nitrogens is 2. The van der Waals surface area contributed by atoms with Crippen molar-refractivity contribution in [2.24, 2.45) is 0 Å². The van der Waals surface area contributed by atoms with Gasteiger partial charge >= 0.3 is 5.91 Å². The van der Waals surface area contributed by atoms with Gasteiger partial charge in [0.1, 0.15) is 11.5 Å². The highest BCUT2D eigenvalue weighted by molar-refractivity contribution is 6.51. The number of imidazole rings is 1. The first kappa shape index (κ1) is 27.8. The van der Waals surface area contributed by atoms with E-state index in [0.717, 1.165) is 11.1 Å². The largest absolute Gasteiger partial charge is 0.507 e. The first-order valence-electron chi connectivity index (χ1n) is 13.4. The van der Waals surface area contributed by atoms with Crippen LogP contribution in [0.25, 0.3) is 16.8 Å². The average Bonchev–Trinajstić information content (AvgIpc) is 3.46. The van der Waals surface area contributed by atoms with Crippen LogP contribution in [-0.4, -0.2) is 45.6 Å². The molecule has 41 heavy (non-hydrogen) atoms. The van der Waals surface area contributed by atoms with Gasteiger partial charge in [-0.15, -0.1) is 0 Å². The zero-order valence-electron chi connectivity index (χ0n) is 23.9. The second kappa shape index (κ2) is 10.3. The number of phenols is 1. The number of nitrogens with zero attached hydrogens (tertiary/aromatic N) is 2. The fourth-order valence-electron chi connectivity index (χ4n) is 5.07. The summed E-state index contributed by atoms with van der Waals surface area (Å²) in [6, 6.07) is 14.5. The number of hydrogen-bond donors (Lipinski definition) is 3. The second-order valence-electron chi connectivity index (χ2n) is 11.1. The number of ketones is 1. The molecule has 1 amide bonds. The Labute approximate surface area is 238 Å². The third-order valence-corrected chi connectivity index (χ3v) is 7.22. The van der Waals surface area contributed by atoms with Crippen LogP contribution < -0.4 is 14.4 Å². The number of methoxy groups -OCH3 is 1. The molecule has 1 atom stereocenters. The molecule has 0 spiro atoms. The van der Waals surface area contributed by atoms with Crippen LogP contribution in [0.5, 0.6) is 17.2 Å². The van der Waals surface area contributed by atoms with Crippen molar-refractivity contribution in [1.29, 1.82) is 0 Å². The van der Waals surface area contributed by atoms with Gasteiger partial charge in [-0.05, 0) is 72.4 Å². The molecule has 3 N–H and O–H groups in total. The molecule has 1 saturated heterocycles. The number of hydrogen-bond acceptors (Lipinski definition) is 7. The SMILES string of the molecule is CCOc1cc(C2/C(=C(\O)c3cc(C(C)(C)C)ccc3OC)C(=O)C(=O)N2c2nc3ccc(C)cc3[nH]2)ccc1O. The molecule has 0 radical (unpaired) electrons. The molecule has 1 aliphatic rings. The summed E-state index contributed by atoms with van der Waals surface area (Å²) in [5.41, 5.74) is 3.54. The van der Waals surface area contributed by atoms with Gasteiger partial charge in [-0.1, -0.05) is 39.0 Å². The molecule has 1 aliphatic heterocycles. The number of H-pyrrole nitrogens is 1. The molecule has 5 rings (SSSR count). The molecule has 2 heterocycles. The number of aliphatic hydroxyl groups is 1. The quantitative estimate of drug-likeness (QED) is 0.153. The van der Waals surface area contributed by atoms with Crippen LogP contribution in [0.3, 0.4) is 0 Å². The number of aliphatic hydroxyl groups excluding tert-OH is 1. The summed E-state index contributed by atoms with van der Waals surface area (Å²) >= 11 is 0. The Kier molecular flexibility index (Phi) is 6.98. The monoisotopic (exact) mass is 555 g/mol. The van der Waals surface area contributed by atoms with E-state index < -0.39 is 17.7 Å². The first-order valence-corrected chi connectivity index (χ1v) is 13.4. The highest BCUT2D eigenvalue weighted by Gasteiger charge is 2.48. The fourth-order valence-corrected chi connectivity index (χ4v) is 5.07. The number of phenolic OH excluding ortho intramolecular Hbond substituents is 1. The number of aromatic amines is 1. The summed E-state index contributed by atoms with van der Waals surface area (Å²) in [6.45, 7) is 10.1. The number of Topliss-reactive ketones (excluding diaryl/α,β-unsaturated/α-hetero) is 1. The highest BCUT2D eigenvalue weighted by Crippen LogP contribution is 2.45. The number of fused-ring (bicyclic) bond motifs is 1. The lowest BCUT2D eigenvalue weighted by Crippen LogP contribution is -2.30. The average molecular weight is 556 g/mol. The van der Waals surface area contributed by atoms with Crippen molar-refractivity contribution in [2.45, 2.75) is 46.1 Å². The van der Waals surface area contributed by atoms with Crippen LogP contribution in [0.2, 0.25) is 0 Å². The minimum Gasteiger partial charge on any atom is -0.507 e. The molecule has 0 saturated carbocycles. The van der Waals surface area contributed by atoms with Crippen molar-refractivity contribution in [3.05, 3.63) is 82.4 Å². The first-order chi connectivity index (χ1) is 19.4. The molecule has 3 aromatic carbocycles. The van der Waals surface area contributed by atoms with E-state index in [1.807, 2.05) is 52.0 Å². The summed E-state index contributed by atoms with van der Waals surface area (Å²) in [7, 11) is 1.48. The van der Waals surface area contributed by atoms with Gasteiger partial charge in [0.25, 0.3) is 5.78 Å². The molecular weight excluding hydrogens is 522 g/mol. The molecular formula is C32H33N3O6. The standard InChI is InChI=1S/C32H33N3O6/c1-7-41-25-15-18(9-12-23(25)36)27-26(28(37)20-16-19(32(3,4)5)10-13-24(20)40-6)29(38)30(39)35(27)31-33-21-11-8-17(2)14-22(21)34-31/h8-16,27,36-37H,7H2,1-6H3,(H,33,34)/b28-26+. The minimum absolute atomic E-state index is 0.0914. The smallest absolute Gasteiger partial charge is 0.302 e. The molecule has 9 heteroatoms. The van der Waals surface area contributed by atoms with Crippen molar-refractivity contribution in [2.75, 3.05) is 18.6 Å². The van der Waals surface area contributed by atoms with Crippen LogP contribution in [0.1, 0.15) is 56.0 Å². The summed E-state index contributed by atoms with van der Waals surface area (Å²) in [5, 5.41) is 22.2. The molecule has 0 bridgehead atoms. The van der Waals surface area contributed by atoms with Crippen molar-refractivity contribution in [3.8, 4) is 17.2 Å². The molecule has 1 unspecified atom stereocenters. The number of carbonyl (C=O) groups is 2. The number of anilines is 1. The number of nitrogens with one attached hydrogen (secondary N) is 1. The molecule has 9 nitrogen and oxygen atoms in total. The van der Waals surface area contributed by atoms with Gasteiger partial charge < -0.3 is 24.7 Å². The molecule has 212 valence electrons. The van der Waals surface area contributed by atoms with Gasteiger partial charge in [-0.25, -0.2) is 4.98 Å². The third kappa shape index (κ3) is 4.88. The van der Waals surface area contributed by atoms with Crippen LogP contribution >= 0.6 is 0 Å². The maximum absolute atomic E-state index is 13.7. The number of carbonyl (C=O) groups excluding carboxylic acids is 2. The van der Waals surface area contributed by atoms with E-state index in [1.165, 1.54) is 18.1 Å². The van der Waals surface area contributed by atoms with Gasteiger partial charge in [0.2, 0.25) is 5.95 Å².